The summed E-state index contributed by atoms with van der Waals surface area (Å²) < 4.78 is 16.5. The molecule has 1 fully saturated rings. The molecule has 30 heavy (non-hydrogen) atoms. The molecule has 2 amide bonds. The van der Waals surface area contributed by atoms with E-state index in [2.05, 4.69) is 20.7 Å². The van der Waals surface area contributed by atoms with Gasteiger partial charge in [-0.05, 0) is 66.8 Å². The van der Waals surface area contributed by atoms with Gasteiger partial charge < -0.3 is 20.7 Å². The average Bonchev–Trinajstić information content (AvgIpc) is 3.00. The highest BCUT2D eigenvalue weighted by molar-refractivity contribution is 8.00. The van der Waals surface area contributed by atoms with Gasteiger partial charge in [0.25, 0.3) is 0 Å². The van der Waals surface area contributed by atoms with Gasteiger partial charge in [0.1, 0.15) is 5.82 Å². The molecule has 1 saturated carbocycles. The number of carbonyl (C=O) groups excluding carboxylic acids is 2. The van der Waals surface area contributed by atoms with Crippen molar-refractivity contribution >= 4 is 40.8 Å². The van der Waals surface area contributed by atoms with E-state index in [1.807, 2.05) is 12.1 Å². The van der Waals surface area contributed by atoms with E-state index in [0.29, 0.717) is 13.0 Å². The number of anilines is 3. The van der Waals surface area contributed by atoms with Gasteiger partial charge in [-0.2, -0.15) is 0 Å². The Kier molecular flexibility index (Phi) is 4.66. The molecule has 2 aromatic carbocycles. The molecule has 0 radical (unpaired) electrons. The summed E-state index contributed by atoms with van der Waals surface area (Å²) in [5, 5.41) is 9.19. The van der Waals surface area contributed by atoms with Crippen molar-refractivity contribution in [2.45, 2.75) is 36.0 Å². The van der Waals surface area contributed by atoms with Gasteiger partial charge in [-0.25, -0.2) is 4.39 Å². The molecule has 6 nitrogen and oxygen atoms in total. The fraction of sp³-hybridized carbons (Fsp3) is 0.273. The fourth-order valence-electron chi connectivity index (χ4n) is 4.19. The van der Waals surface area contributed by atoms with Crippen LogP contribution in [0.2, 0.25) is 0 Å². The molecule has 2 aliphatic heterocycles. The second-order valence-electron chi connectivity index (χ2n) is 7.83. The maximum Gasteiger partial charge on any atom is 0.245 e. The smallest absolute Gasteiger partial charge is 0.245 e. The Morgan fingerprint density at radius 2 is 1.90 bits per heavy atom. The second-order valence-corrected chi connectivity index (χ2v) is 8.71. The van der Waals surface area contributed by atoms with E-state index in [1.165, 1.54) is 24.1 Å². The van der Waals surface area contributed by atoms with Crippen molar-refractivity contribution in [3.63, 3.8) is 0 Å². The van der Waals surface area contributed by atoms with Crippen LogP contribution in [0, 0.1) is 5.82 Å². The van der Waals surface area contributed by atoms with Crippen molar-refractivity contribution in [1.82, 2.24) is 5.32 Å². The Balaban J connectivity index is 1.48. The molecule has 2 aromatic rings. The van der Waals surface area contributed by atoms with Crippen LogP contribution in [0.4, 0.5) is 21.5 Å². The van der Waals surface area contributed by atoms with Crippen molar-refractivity contribution in [3.05, 3.63) is 59.6 Å². The van der Waals surface area contributed by atoms with Gasteiger partial charge in [-0.1, -0.05) is 6.42 Å². The van der Waals surface area contributed by atoms with E-state index in [0.717, 1.165) is 52.5 Å². The number of amides is 2. The Morgan fingerprint density at radius 3 is 2.60 bits per heavy atom. The van der Waals surface area contributed by atoms with E-state index in [1.54, 1.807) is 18.2 Å². The molecule has 0 atom stereocenters. The molecule has 0 bridgehead atoms. The SMILES string of the molecule is O=C1C=C(Nc2cc(NSc3ccc(F)cc3)cc3c2NC(=O)C32CCC2)CCN1. The van der Waals surface area contributed by atoms with E-state index in [4.69, 9.17) is 0 Å². The third-order valence-electron chi connectivity index (χ3n) is 5.93. The minimum atomic E-state index is -0.456. The lowest BCUT2D eigenvalue weighted by atomic mass is 9.65. The molecule has 4 N–H and O–H groups in total. The minimum absolute atomic E-state index is 0.0468. The highest BCUT2D eigenvalue weighted by Gasteiger charge is 2.51. The van der Waals surface area contributed by atoms with Crippen molar-refractivity contribution in [2.24, 2.45) is 0 Å². The van der Waals surface area contributed by atoms with Gasteiger partial charge in [0.2, 0.25) is 11.8 Å². The largest absolute Gasteiger partial charge is 0.357 e. The number of nitrogens with one attached hydrogen (secondary N) is 4. The van der Waals surface area contributed by atoms with Crippen LogP contribution in [0.5, 0.6) is 0 Å². The zero-order valence-electron chi connectivity index (χ0n) is 16.2. The van der Waals surface area contributed by atoms with Crippen molar-refractivity contribution < 1.29 is 14.0 Å². The van der Waals surface area contributed by atoms with Gasteiger partial charge in [-0.15, -0.1) is 0 Å². The van der Waals surface area contributed by atoms with Crippen LogP contribution in [0.1, 0.15) is 31.2 Å². The van der Waals surface area contributed by atoms with Crippen molar-refractivity contribution in [3.8, 4) is 0 Å². The summed E-state index contributed by atoms with van der Waals surface area (Å²) in [6.45, 7) is 0.578. The average molecular weight is 425 g/mol. The number of hydrogen-bond acceptors (Lipinski definition) is 5. The van der Waals surface area contributed by atoms with Crippen molar-refractivity contribution in [1.29, 1.82) is 0 Å². The number of benzene rings is 2. The molecular weight excluding hydrogens is 403 g/mol. The summed E-state index contributed by atoms with van der Waals surface area (Å²) in [6, 6.07) is 10.2. The molecule has 1 aliphatic carbocycles. The molecule has 2 heterocycles. The predicted octanol–water partition coefficient (Wildman–Crippen LogP) is 4.13. The van der Waals surface area contributed by atoms with Crippen LogP contribution < -0.4 is 20.7 Å². The normalized spacial score (nSPS) is 18.8. The van der Waals surface area contributed by atoms with Gasteiger partial charge in [-0.3, -0.25) is 9.59 Å². The molecule has 8 heteroatoms. The lowest BCUT2D eigenvalue weighted by Gasteiger charge is -2.36. The summed E-state index contributed by atoms with van der Waals surface area (Å²) >= 11 is 1.38. The maximum absolute atomic E-state index is 13.2. The quantitative estimate of drug-likeness (QED) is 0.543. The first-order chi connectivity index (χ1) is 14.5. The zero-order chi connectivity index (χ0) is 20.7. The van der Waals surface area contributed by atoms with Gasteiger partial charge >= 0.3 is 0 Å². The lowest BCUT2D eigenvalue weighted by Crippen LogP contribution is -2.40. The van der Waals surface area contributed by atoms with E-state index in [9.17, 15) is 14.0 Å². The van der Waals surface area contributed by atoms with Crippen LogP contribution >= 0.6 is 11.9 Å². The zero-order valence-corrected chi connectivity index (χ0v) is 17.0. The Morgan fingerprint density at radius 1 is 1.10 bits per heavy atom. The second kappa shape index (κ2) is 7.36. The standard InChI is InChI=1S/C22H21FN4O2S/c23-13-2-4-16(5-3-13)30-27-15-10-17-20(26-21(29)22(17)7-1-8-22)18(11-15)25-14-6-9-24-19(28)12-14/h2-5,10-12,25,27H,1,6-9H2,(H,24,28)(H,26,29). The first-order valence-corrected chi connectivity index (χ1v) is 10.8. The Labute approximate surface area is 177 Å². The van der Waals surface area contributed by atoms with Gasteiger partial charge in [0.05, 0.1) is 16.8 Å². The van der Waals surface area contributed by atoms with Crippen LogP contribution in [0.25, 0.3) is 0 Å². The molecule has 0 aromatic heterocycles. The number of rotatable bonds is 5. The molecule has 3 aliphatic rings. The summed E-state index contributed by atoms with van der Waals surface area (Å²) in [4.78, 5) is 25.4. The highest BCUT2D eigenvalue weighted by atomic mass is 32.2. The molecule has 154 valence electrons. The minimum Gasteiger partial charge on any atom is -0.357 e. The number of carbonyl (C=O) groups is 2. The first kappa shape index (κ1) is 19.0. The lowest BCUT2D eigenvalue weighted by molar-refractivity contribution is -0.123. The number of fused-ring (bicyclic) bond motifs is 2. The Hall–Kier alpha value is -3.00. The molecule has 5 rings (SSSR count). The first-order valence-electron chi connectivity index (χ1n) is 9.97. The van der Waals surface area contributed by atoms with Gasteiger partial charge in [0.15, 0.2) is 0 Å². The van der Waals surface area contributed by atoms with Crippen LogP contribution in [-0.4, -0.2) is 18.4 Å². The molecule has 0 saturated heterocycles. The van der Waals surface area contributed by atoms with Gasteiger partial charge in [0, 0.05) is 35.3 Å². The fourth-order valence-corrected chi connectivity index (χ4v) is 4.81. The molecule has 0 unspecified atom stereocenters. The summed E-state index contributed by atoms with van der Waals surface area (Å²) in [5.74, 6) is -0.351. The van der Waals surface area contributed by atoms with Crippen LogP contribution in [-0.2, 0) is 15.0 Å². The summed E-state index contributed by atoms with van der Waals surface area (Å²) in [5.41, 5.74) is 3.76. The van der Waals surface area contributed by atoms with E-state index < -0.39 is 5.41 Å². The highest BCUT2D eigenvalue weighted by Crippen LogP contribution is 2.54. The third-order valence-corrected chi connectivity index (χ3v) is 6.77. The topological polar surface area (TPSA) is 82.3 Å². The summed E-state index contributed by atoms with van der Waals surface area (Å²) in [6.07, 6.45) is 4.96. The predicted molar refractivity (Wildman–Crippen MR) is 116 cm³/mol. The number of hydrogen-bond donors (Lipinski definition) is 4. The number of halogens is 1. The van der Waals surface area contributed by atoms with E-state index >= 15 is 0 Å². The van der Waals surface area contributed by atoms with E-state index in [-0.39, 0.29) is 17.6 Å². The molecular formula is C22H21FN4O2S. The third kappa shape index (κ3) is 3.31. The monoisotopic (exact) mass is 424 g/mol. The molecule has 1 spiro atoms. The van der Waals surface area contributed by atoms with Crippen molar-refractivity contribution in [2.75, 3.05) is 21.9 Å². The summed E-state index contributed by atoms with van der Waals surface area (Å²) in [7, 11) is 0. The van der Waals surface area contributed by atoms with Crippen LogP contribution in [0.15, 0.2) is 53.1 Å². The maximum atomic E-state index is 13.2. The Bertz CT molecular complexity index is 1060. The van der Waals surface area contributed by atoms with Crippen LogP contribution in [0.3, 0.4) is 0 Å².